The van der Waals surface area contributed by atoms with Gasteiger partial charge in [0.15, 0.2) is 0 Å². The Morgan fingerprint density at radius 2 is 1.89 bits per heavy atom. The standard InChI is InChI=1S/C12H15F4NO/c1-3-11(17,7-18-2)8-4-5-10(13)9(6-8)12(14,15)16/h4-6H,3,7,17H2,1-2H3. The van der Waals surface area contributed by atoms with Crippen molar-refractivity contribution in [1.29, 1.82) is 0 Å². The fourth-order valence-electron chi connectivity index (χ4n) is 1.70. The molecule has 2 N–H and O–H groups in total. The second-order valence-electron chi connectivity index (χ2n) is 4.14. The SMILES string of the molecule is CCC(N)(COC)c1ccc(F)c(C(F)(F)F)c1. The first-order valence-corrected chi connectivity index (χ1v) is 5.39. The maximum Gasteiger partial charge on any atom is 0.419 e. The van der Waals surface area contributed by atoms with Gasteiger partial charge in [-0.2, -0.15) is 13.2 Å². The van der Waals surface area contributed by atoms with Crippen molar-refractivity contribution in [2.24, 2.45) is 5.73 Å². The van der Waals surface area contributed by atoms with Gasteiger partial charge in [-0.3, -0.25) is 0 Å². The van der Waals surface area contributed by atoms with E-state index in [1.165, 1.54) is 13.2 Å². The van der Waals surface area contributed by atoms with E-state index < -0.39 is 23.1 Å². The van der Waals surface area contributed by atoms with Crippen LogP contribution >= 0.6 is 0 Å². The molecule has 0 spiro atoms. The van der Waals surface area contributed by atoms with Crippen molar-refractivity contribution >= 4 is 0 Å². The number of methoxy groups -OCH3 is 1. The molecule has 0 radical (unpaired) electrons. The summed E-state index contributed by atoms with van der Waals surface area (Å²) in [6.45, 7) is 1.79. The van der Waals surface area contributed by atoms with E-state index >= 15 is 0 Å². The van der Waals surface area contributed by atoms with Crippen LogP contribution in [0.25, 0.3) is 0 Å². The van der Waals surface area contributed by atoms with Gasteiger partial charge in [-0.1, -0.05) is 13.0 Å². The highest BCUT2D eigenvalue weighted by atomic mass is 19.4. The monoisotopic (exact) mass is 265 g/mol. The number of benzene rings is 1. The zero-order valence-corrected chi connectivity index (χ0v) is 10.1. The maximum atomic E-state index is 13.2. The first-order chi connectivity index (χ1) is 8.24. The van der Waals surface area contributed by atoms with Gasteiger partial charge in [-0.25, -0.2) is 4.39 Å². The van der Waals surface area contributed by atoms with Crippen molar-refractivity contribution in [3.63, 3.8) is 0 Å². The number of halogens is 4. The Morgan fingerprint density at radius 1 is 1.28 bits per heavy atom. The molecule has 2 nitrogen and oxygen atoms in total. The zero-order chi connectivity index (χ0) is 14.0. The second kappa shape index (κ2) is 5.24. The average Bonchev–Trinajstić information content (AvgIpc) is 2.28. The van der Waals surface area contributed by atoms with Crippen LogP contribution in [0, 0.1) is 5.82 Å². The van der Waals surface area contributed by atoms with Gasteiger partial charge < -0.3 is 10.5 Å². The van der Waals surface area contributed by atoms with E-state index in [2.05, 4.69) is 0 Å². The van der Waals surface area contributed by atoms with Crippen molar-refractivity contribution in [2.45, 2.75) is 25.1 Å². The van der Waals surface area contributed by atoms with Crippen LogP contribution in [0.5, 0.6) is 0 Å². The number of alkyl halides is 3. The number of hydrogen-bond donors (Lipinski definition) is 1. The van der Waals surface area contributed by atoms with Gasteiger partial charge in [0, 0.05) is 7.11 Å². The lowest BCUT2D eigenvalue weighted by molar-refractivity contribution is -0.140. The van der Waals surface area contributed by atoms with Crippen molar-refractivity contribution in [1.82, 2.24) is 0 Å². The fourth-order valence-corrected chi connectivity index (χ4v) is 1.70. The summed E-state index contributed by atoms with van der Waals surface area (Å²) in [6, 6.07) is 2.79. The number of ether oxygens (including phenoxy) is 1. The predicted molar refractivity (Wildman–Crippen MR) is 59.4 cm³/mol. The Hall–Kier alpha value is -1.14. The summed E-state index contributed by atoms with van der Waals surface area (Å²) in [5.41, 5.74) is 3.83. The molecule has 1 unspecified atom stereocenters. The van der Waals surface area contributed by atoms with Crippen molar-refractivity contribution in [3.8, 4) is 0 Å². The molecule has 18 heavy (non-hydrogen) atoms. The van der Waals surface area contributed by atoms with E-state index in [1.54, 1.807) is 6.92 Å². The van der Waals surface area contributed by atoms with Crippen LogP contribution < -0.4 is 5.73 Å². The molecule has 0 amide bonds. The number of rotatable bonds is 4. The van der Waals surface area contributed by atoms with E-state index in [0.29, 0.717) is 6.42 Å². The molecule has 0 heterocycles. The van der Waals surface area contributed by atoms with Crippen LogP contribution in [0.2, 0.25) is 0 Å². The Morgan fingerprint density at radius 3 is 2.33 bits per heavy atom. The molecule has 6 heteroatoms. The van der Waals surface area contributed by atoms with Crippen LogP contribution in [0.4, 0.5) is 17.6 Å². The lowest BCUT2D eigenvalue weighted by Gasteiger charge is -2.28. The van der Waals surface area contributed by atoms with E-state index in [4.69, 9.17) is 10.5 Å². The first-order valence-electron chi connectivity index (χ1n) is 5.39. The first kappa shape index (κ1) is 14.9. The highest BCUT2D eigenvalue weighted by Gasteiger charge is 2.36. The summed E-state index contributed by atoms with van der Waals surface area (Å²) in [4.78, 5) is 0. The summed E-state index contributed by atoms with van der Waals surface area (Å²) >= 11 is 0. The Kier molecular flexibility index (Phi) is 4.34. The van der Waals surface area contributed by atoms with Gasteiger partial charge in [0.05, 0.1) is 17.7 Å². The predicted octanol–water partition coefficient (Wildman–Crippen LogP) is 3.05. The smallest absolute Gasteiger partial charge is 0.382 e. The second-order valence-corrected chi connectivity index (χ2v) is 4.14. The van der Waals surface area contributed by atoms with Gasteiger partial charge in [-0.15, -0.1) is 0 Å². The lowest BCUT2D eigenvalue weighted by Crippen LogP contribution is -2.40. The third-order valence-corrected chi connectivity index (χ3v) is 2.88. The molecular formula is C12H15F4NO. The summed E-state index contributed by atoms with van der Waals surface area (Å²) in [5.74, 6) is -1.30. The molecule has 0 aliphatic heterocycles. The molecule has 0 bridgehead atoms. The molecule has 0 aliphatic rings. The Bertz CT molecular complexity index is 419. The molecule has 0 aromatic heterocycles. The van der Waals surface area contributed by atoms with Crippen molar-refractivity contribution < 1.29 is 22.3 Å². The molecule has 1 aromatic carbocycles. The van der Waals surface area contributed by atoms with Crippen LogP contribution in [0.3, 0.4) is 0 Å². The normalized spacial score (nSPS) is 15.5. The molecule has 102 valence electrons. The summed E-state index contributed by atoms with van der Waals surface area (Å²) < 4.78 is 55.8. The van der Waals surface area contributed by atoms with E-state index in [1.807, 2.05) is 0 Å². The molecule has 1 aromatic rings. The Balaban J connectivity index is 3.27. The van der Waals surface area contributed by atoms with Gasteiger partial charge >= 0.3 is 6.18 Å². The molecule has 0 aliphatic carbocycles. The van der Waals surface area contributed by atoms with E-state index in [0.717, 1.165) is 12.1 Å². The van der Waals surface area contributed by atoms with E-state index in [9.17, 15) is 17.6 Å². The molecule has 1 atom stereocenters. The largest absolute Gasteiger partial charge is 0.419 e. The van der Waals surface area contributed by atoms with Gasteiger partial charge in [0.1, 0.15) is 5.82 Å². The fraction of sp³-hybridized carbons (Fsp3) is 0.500. The quantitative estimate of drug-likeness (QED) is 0.849. The molecule has 0 saturated carbocycles. The lowest BCUT2D eigenvalue weighted by atomic mass is 9.88. The van der Waals surface area contributed by atoms with E-state index in [-0.39, 0.29) is 12.2 Å². The minimum absolute atomic E-state index is 0.0619. The number of nitrogens with two attached hydrogens (primary N) is 1. The van der Waals surface area contributed by atoms with Gasteiger partial charge in [-0.05, 0) is 24.1 Å². The third-order valence-electron chi connectivity index (χ3n) is 2.88. The molecule has 1 rings (SSSR count). The maximum absolute atomic E-state index is 13.2. The zero-order valence-electron chi connectivity index (χ0n) is 10.1. The van der Waals surface area contributed by atoms with Crippen LogP contribution in [0.1, 0.15) is 24.5 Å². The van der Waals surface area contributed by atoms with Crippen LogP contribution in [-0.2, 0) is 16.5 Å². The molecule has 0 saturated heterocycles. The summed E-state index contributed by atoms with van der Waals surface area (Å²) in [6.07, 6.45) is -4.36. The topological polar surface area (TPSA) is 35.2 Å². The van der Waals surface area contributed by atoms with Crippen LogP contribution in [-0.4, -0.2) is 13.7 Å². The third kappa shape index (κ3) is 3.00. The van der Waals surface area contributed by atoms with Gasteiger partial charge in [0.25, 0.3) is 0 Å². The Labute approximate surface area is 103 Å². The summed E-state index contributed by atoms with van der Waals surface area (Å²) in [5, 5.41) is 0. The minimum atomic E-state index is -4.73. The van der Waals surface area contributed by atoms with Gasteiger partial charge in [0.2, 0.25) is 0 Å². The highest BCUT2D eigenvalue weighted by molar-refractivity contribution is 5.32. The molecule has 0 fully saturated rings. The number of hydrogen-bond acceptors (Lipinski definition) is 2. The van der Waals surface area contributed by atoms with Crippen LogP contribution in [0.15, 0.2) is 18.2 Å². The average molecular weight is 265 g/mol. The minimum Gasteiger partial charge on any atom is -0.382 e. The highest BCUT2D eigenvalue weighted by Crippen LogP contribution is 2.34. The van der Waals surface area contributed by atoms with Crippen molar-refractivity contribution in [2.75, 3.05) is 13.7 Å². The summed E-state index contributed by atoms with van der Waals surface area (Å²) in [7, 11) is 1.41. The molecular weight excluding hydrogens is 250 g/mol. The van der Waals surface area contributed by atoms with Crippen molar-refractivity contribution in [3.05, 3.63) is 35.1 Å².